The van der Waals surface area contributed by atoms with Crippen molar-refractivity contribution in [3.63, 3.8) is 0 Å². The van der Waals surface area contributed by atoms with Crippen LogP contribution in [0.15, 0.2) is 71.6 Å². The zero-order valence-corrected chi connectivity index (χ0v) is 19.9. The summed E-state index contributed by atoms with van der Waals surface area (Å²) < 4.78 is 34.2. The number of nitrogens with zero attached hydrogens (tertiary/aromatic N) is 2. The van der Waals surface area contributed by atoms with Crippen molar-refractivity contribution in [3.8, 4) is 5.75 Å². The van der Waals surface area contributed by atoms with Crippen LogP contribution >= 0.6 is 0 Å². The number of aryl methyl sites for hydroxylation is 3. The van der Waals surface area contributed by atoms with E-state index in [1.54, 1.807) is 41.3 Å². The summed E-state index contributed by atoms with van der Waals surface area (Å²) in [6.07, 6.45) is 1.73. The van der Waals surface area contributed by atoms with Crippen LogP contribution in [0.25, 0.3) is 0 Å². The summed E-state index contributed by atoms with van der Waals surface area (Å²) in [5.74, 6) is 0.115. The molecule has 1 amide bonds. The minimum Gasteiger partial charge on any atom is -0.495 e. The summed E-state index contributed by atoms with van der Waals surface area (Å²) >= 11 is 0. The second-order valence-corrected chi connectivity index (χ2v) is 10.1. The van der Waals surface area contributed by atoms with Gasteiger partial charge in [-0.05, 0) is 68.1 Å². The number of hydrogen-bond donors (Lipinski definition) is 0. The molecule has 6 nitrogen and oxygen atoms in total. The topological polar surface area (TPSA) is 66.9 Å². The Bertz CT molecular complexity index is 1270. The molecule has 4 rings (SSSR count). The van der Waals surface area contributed by atoms with Crippen LogP contribution in [0.2, 0.25) is 0 Å². The van der Waals surface area contributed by atoms with E-state index in [2.05, 4.69) is 0 Å². The second-order valence-electron chi connectivity index (χ2n) is 8.28. The third-order valence-corrected chi connectivity index (χ3v) is 7.68. The third-order valence-electron chi connectivity index (χ3n) is 5.90. The van der Waals surface area contributed by atoms with Crippen LogP contribution in [0.3, 0.4) is 0 Å². The number of carbonyl (C=O) groups excluding carboxylic acids is 1. The minimum atomic E-state index is -4.03. The van der Waals surface area contributed by atoms with E-state index in [1.165, 1.54) is 11.4 Å². The van der Waals surface area contributed by atoms with Gasteiger partial charge in [0.2, 0.25) is 5.91 Å². The van der Waals surface area contributed by atoms with Crippen molar-refractivity contribution in [1.29, 1.82) is 0 Å². The summed E-state index contributed by atoms with van der Waals surface area (Å²) in [5.41, 5.74) is 4.10. The van der Waals surface area contributed by atoms with Gasteiger partial charge in [0.05, 0.1) is 17.7 Å². The molecule has 0 aliphatic carbocycles. The number of methoxy groups -OCH3 is 1. The van der Waals surface area contributed by atoms with Crippen LogP contribution in [0, 0.1) is 13.8 Å². The first-order valence-corrected chi connectivity index (χ1v) is 12.4. The number of rotatable bonds is 6. The minimum absolute atomic E-state index is 0.128. The highest BCUT2D eigenvalue weighted by molar-refractivity contribution is 7.92. The molecule has 0 atom stereocenters. The van der Waals surface area contributed by atoms with Gasteiger partial charge >= 0.3 is 0 Å². The number of carbonyl (C=O) groups is 1. The lowest BCUT2D eigenvalue weighted by Gasteiger charge is -2.32. The Balaban J connectivity index is 1.78. The maximum Gasteiger partial charge on any atom is 0.264 e. The Morgan fingerprint density at radius 3 is 2.42 bits per heavy atom. The third kappa shape index (κ3) is 4.59. The number of fused-ring (bicyclic) bond motifs is 1. The molecule has 3 aromatic carbocycles. The normalized spacial score (nSPS) is 13.4. The first kappa shape index (κ1) is 22.9. The fourth-order valence-corrected chi connectivity index (χ4v) is 5.55. The number of para-hydroxylation sites is 1. The number of benzene rings is 3. The molecular weight excluding hydrogens is 436 g/mol. The SMILES string of the molecule is COc1ccc(C)cc1N(CC(=O)N1CCCc2ccccc21)S(=O)(=O)c1ccc(C)cc1. The molecule has 0 N–H and O–H groups in total. The Kier molecular flexibility index (Phi) is 6.42. The molecular formula is C26H28N2O4S. The molecule has 7 heteroatoms. The summed E-state index contributed by atoms with van der Waals surface area (Å²) in [5, 5.41) is 0. The molecule has 1 aliphatic rings. The van der Waals surface area contributed by atoms with Crippen molar-refractivity contribution in [2.45, 2.75) is 31.6 Å². The molecule has 0 unspecified atom stereocenters. The van der Waals surface area contributed by atoms with Crippen LogP contribution in [0.4, 0.5) is 11.4 Å². The Morgan fingerprint density at radius 1 is 1.00 bits per heavy atom. The van der Waals surface area contributed by atoms with E-state index < -0.39 is 10.0 Å². The van der Waals surface area contributed by atoms with Crippen molar-refractivity contribution in [1.82, 2.24) is 0 Å². The van der Waals surface area contributed by atoms with Crippen molar-refractivity contribution in [3.05, 3.63) is 83.4 Å². The molecule has 1 heterocycles. The number of anilines is 2. The zero-order valence-electron chi connectivity index (χ0n) is 19.1. The van der Waals surface area contributed by atoms with Crippen molar-refractivity contribution in [2.75, 3.05) is 29.4 Å². The van der Waals surface area contributed by atoms with E-state index in [0.717, 1.165) is 35.2 Å². The molecule has 0 spiro atoms. The average Bonchev–Trinajstić information content (AvgIpc) is 2.82. The van der Waals surface area contributed by atoms with Gasteiger partial charge in [0, 0.05) is 12.2 Å². The predicted octanol–water partition coefficient (Wildman–Crippen LogP) is 4.49. The lowest BCUT2D eigenvalue weighted by atomic mass is 10.0. The van der Waals surface area contributed by atoms with Gasteiger partial charge in [-0.2, -0.15) is 0 Å². The van der Waals surface area contributed by atoms with Crippen LogP contribution < -0.4 is 13.9 Å². The zero-order chi connectivity index (χ0) is 23.6. The monoisotopic (exact) mass is 464 g/mol. The van der Waals surface area contributed by atoms with E-state index in [4.69, 9.17) is 4.74 Å². The Hall–Kier alpha value is -3.32. The molecule has 0 saturated carbocycles. The number of amides is 1. The highest BCUT2D eigenvalue weighted by atomic mass is 32.2. The molecule has 172 valence electrons. The Labute approximate surface area is 195 Å². The van der Waals surface area contributed by atoms with Gasteiger partial charge in [-0.3, -0.25) is 9.10 Å². The fraction of sp³-hybridized carbons (Fsp3) is 0.269. The van der Waals surface area contributed by atoms with E-state index in [1.807, 2.05) is 44.2 Å². The van der Waals surface area contributed by atoms with Gasteiger partial charge in [0.1, 0.15) is 12.3 Å². The van der Waals surface area contributed by atoms with E-state index in [-0.39, 0.29) is 17.3 Å². The van der Waals surface area contributed by atoms with Crippen LogP contribution in [-0.2, 0) is 21.2 Å². The second kappa shape index (κ2) is 9.27. The first-order chi connectivity index (χ1) is 15.8. The van der Waals surface area contributed by atoms with Gasteiger partial charge in [-0.15, -0.1) is 0 Å². The lowest BCUT2D eigenvalue weighted by molar-refractivity contribution is -0.117. The van der Waals surface area contributed by atoms with Crippen molar-refractivity contribution >= 4 is 27.3 Å². The van der Waals surface area contributed by atoms with E-state index in [9.17, 15) is 13.2 Å². The van der Waals surface area contributed by atoms with Gasteiger partial charge in [-0.1, -0.05) is 42.0 Å². The molecule has 0 radical (unpaired) electrons. The quantitative estimate of drug-likeness (QED) is 0.539. The molecule has 0 aromatic heterocycles. The largest absolute Gasteiger partial charge is 0.495 e. The molecule has 0 fully saturated rings. The molecule has 0 bridgehead atoms. The summed E-state index contributed by atoms with van der Waals surface area (Å²) in [6.45, 7) is 4.00. The summed E-state index contributed by atoms with van der Waals surface area (Å²) in [4.78, 5) is 15.4. The van der Waals surface area contributed by atoms with E-state index >= 15 is 0 Å². The highest BCUT2D eigenvalue weighted by Crippen LogP contribution is 2.34. The molecule has 0 saturated heterocycles. The predicted molar refractivity (Wildman–Crippen MR) is 131 cm³/mol. The van der Waals surface area contributed by atoms with Crippen LogP contribution in [-0.4, -0.2) is 34.5 Å². The lowest BCUT2D eigenvalue weighted by Crippen LogP contribution is -2.45. The number of sulfonamides is 1. The van der Waals surface area contributed by atoms with E-state index in [0.29, 0.717) is 18.0 Å². The van der Waals surface area contributed by atoms with Gasteiger partial charge < -0.3 is 9.64 Å². The maximum atomic E-state index is 13.8. The summed E-state index contributed by atoms with van der Waals surface area (Å²) in [6, 6.07) is 19.7. The molecule has 33 heavy (non-hydrogen) atoms. The van der Waals surface area contributed by atoms with Gasteiger partial charge in [-0.25, -0.2) is 8.42 Å². The van der Waals surface area contributed by atoms with Crippen LogP contribution in [0.5, 0.6) is 5.75 Å². The maximum absolute atomic E-state index is 13.8. The first-order valence-electron chi connectivity index (χ1n) is 10.9. The Morgan fingerprint density at radius 2 is 1.70 bits per heavy atom. The fourth-order valence-electron chi connectivity index (χ4n) is 4.13. The smallest absolute Gasteiger partial charge is 0.264 e. The highest BCUT2D eigenvalue weighted by Gasteiger charge is 2.32. The summed E-state index contributed by atoms with van der Waals surface area (Å²) in [7, 11) is -2.53. The average molecular weight is 465 g/mol. The number of hydrogen-bond acceptors (Lipinski definition) is 4. The standard InChI is InChI=1S/C26H28N2O4S/c1-19-10-13-22(14-11-19)33(30,31)28(24-17-20(2)12-15-25(24)32-3)18-26(29)27-16-6-8-21-7-4-5-9-23(21)27/h4-5,7,9-15,17H,6,8,16,18H2,1-3H3. The van der Waals surface area contributed by atoms with Crippen molar-refractivity contribution in [2.24, 2.45) is 0 Å². The van der Waals surface area contributed by atoms with Crippen LogP contribution in [0.1, 0.15) is 23.1 Å². The van der Waals surface area contributed by atoms with Gasteiger partial charge in [0.25, 0.3) is 10.0 Å². The van der Waals surface area contributed by atoms with Gasteiger partial charge in [0.15, 0.2) is 0 Å². The number of ether oxygens (including phenoxy) is 1. The van der Waals surface area contributed by atoms with Crippen molar-refractivity contribution < 1.29 is 17.9 Å². The molecule has 1 aliphatic heterocycles. The molecule has 3 aromatic rings.